The van der Waals surface area contributed by atoms with Gasteiger partial charge < -0.3 is 20.4 Å². The third-order valence-electron chi connectivity index (χ3n) is 3.34. The number of ether oxygens (including phenoxy) is 1. The minimum atomic E-state index is -0.240. The smallest absolute Gasteiger partial charge is 0.287 e. The highest BCUT2D eigenvalue weighted by molar-refractivity contribution is 6.30. The first-order valence-electron chi connectivity index (χ1n) is 6.44. The molecule has 1 aliphatic rings. The maximum absolute atomic E-state index is 12.1. The molecule has 0 saturated carbocycles. The van der Waals surface area contributed by atoms with Crippen molar-refractivity contribution in [3.8, 4) is 0 Å². The fourth-order valence-corrected chi connectivity index (χ4v) is 2.47. The average Bonchev–Trinajstić information content (AvgIpc) is 2.80. The lowest BCUT2D eigenvalue weighted by Crippen LogP contribution is -2.53. The molecule has 2 atom stereocenters. The Morgan fingerprint density at radius 1 is 1.60 bits per heavy atom. The number of carbonyl (C=O) groups is 1. The van der Waals surface area contributed by atoms with Crippen LogP contribution in [0.5, 0.6) is 0 Å². The first-order valence-corrected chi connectivity index (χ1v) is 6.82. The van der Waals surface area contributed by atoms with E-state index >= 15 is 0 Å². The Balaban J connectivity index is 0.00000200. The quantitative estimate of drug-likeness (QED) is 0.777. The number of rotatable bonds is 4. The van der Waals surface area contributed by atoms with E-state index in [0.717, 1.165) is 25.2 Å². The molecule has 3 N–H and O–H groups in total. The number of nitrogens with zero attached hydrogens (tertiary/aromatic N) is 1. The van der Waals surface area contributed by atoms with Gasteiger partial charge in [-0.15, -0.1) is 12.4 Å². The van der Waals surface area contributed by atoms with E-state index in [1.165, 1.54) is 0 Å². The van der Waals surface area contributed by atoms with Crippen molar-refractivity contribution in [2.24, 2.45) is 0 Å². The molecular weight excluding hydrogens is 303 g/mol. The average molecular weight is 323 g/mol. The fraction of sp³-hybridized carbons (Fsp3) is 0.667. The third-order valence-corrected chi connectivity index (χ3v) is 3.66. The normalized spacial score (nSPS) is 22.1. The number of aromatic nitrogens is 2. The summed E-state index contributed by atoms with van der Waals surface area (Å²) >= 11 is 5.93. The summed E-state index contributed by atoms with van der Waals surface area (Å²) in [5.74, 6) is 0.0192. The SMILES string of the molecule is CCc1[nH]c(C(=O)N[C@@H]2CCNC[C@@H]2OC)nc1Cl.Cl. The number of hydrogen-bond donors (Lipinski definition) is 3. The molecule has 114 valence electrons. The van der Waals surface area contributed by atoms with Gasteiger partial charge in [0, 0.05) is 13.7 Å². The lowest BCUT2D eigenvalue weighted by atomic mass is 10.0. The van der Waals surface area contributed by atoms with E-state index in [1.54, 1.807) is 7.11 Å². The summed E-state index contributed by atoms with van der Waals surface area (Å²) in [6.07, 6.45) is 1.53. The van der Waals surface area contributed by atoms with Crippen LogP contribution in [-0.2, 0) is 11.2 Å². The van der Waals surface area contributed by atoms with Crippen LogP contribution in [-0.4, -0.2) is 48.2 Å². The lowest BCUT2D eigenvalue weighted by molar-refractivity contribution is 0.0473. The topological polar surface area (TPSA) is 79.0 Å². The van der Waals surface area contributed by atoms with Crippen LogP contribution >= 0.6 is 24.0 Å². The number of aryl methyl sites for hydroxylation is 1. The number of halogens is 2. The Hall–Kier alpha value is -0.820. The van der Waals surface area contributed by atoms with Gasteiger partial charge >= 0.3 is 0 Å². The number of amides is 1. The second-order valence-corrected chi connectivity index (χ2v) is 4.91. The van der Waals surface area contributed by atoms with Gasteiger partial charge in [-0.2, -0.15) is 0 Å². The summed E-state index contributed by atoms with van der Waals surface area (Å²) in [5.41, 5.74) is 0.778. The number of imidazole rings is 1. The molecule has 0 unspecified atom stereocenters. The van der Waals surface area contributed by atoms with Crippen LogP contribution < -0.4 is 10.6 Å². The Bertz CT molecular complexity index is 453. The molecule has 1 aliphatic heterocycles. The second-order valence-electron chi connectivity index (χ2n) is 4.56. The number of carbonyl (C=O) groups excluding carboxylic acids is 1. The van der Waals surface area contributed by atoms with Crippen molar-refractivity contribution in [2.75, 3.05) is 20.2 Å². The van der Waals surface area contributed by atoms with E-state index in [0.29, 0.717) is 11.6 Å². The number of methoxy groups -OCH3 is 1. The van der Waals surface area contributed by atoms with Crippen molar-refractivity contribution >= 4 is 29.9 Å². The molecule has 0 bridgehead atoms. The molecule has 2 rings (SSSR count). The Morgan fingerprint density at radius 2 is 2.35 bits per heavy atom. The molecule has 0 radical (unpaired) electrons. The first-order chi connectivity index (χ1) is 9.15. The summed E-state index contributed by atoms with van der Waals surface area (Å²) in [4.78, 5) is 19.1. The number of piperidine rings is 1. The minimum Gasteiger partial charge on any atom is -0.378 e. The predicted octanol–water partition coefficient (Wildman–Crippen LogP) is 1.15. The highest BCUT2D eigenvalue weighted by atomic mass is 35.5. The zero-order chi connectivity index (χ0) is 13.8. The van der Waals surface area contributed by atoms with Gasteiger partial charge in [0.15, 0.2) is 11.0 Å². The third kappa shape index (κ3) is 3.85. The summed E-state index contributed by atoms with van der Waals surface area (Å²) in [5, 5.41) is 6.54. The first kappa shape index (κ1) is 17.2. The summed E-state index contributed by atoms with van der Waals surface area (Å²) in [7, 11) is 1.65. The molecule has 0 aliphatic carbocycles. The lowest BCUT2D eigenvalue weighted by Gasteiger charge is -2.31. The largest absolute Gasteiger partial charge is 0.378 e. The maximum atomic E-state index is 12.1. The zero-order valence-electron chi connectivity index (χ0n) is 11.5. The Kier molecular flexibility index (Phi) is 6.75. The van der Waals surface area contributed by atoms with Gasteiger partial charge in [0.25, 0.3) is 5.91 Å². The molecule has 8 heteroatoms. The van der Waals surface area contributed by atoms with E-state index in [2.05, 4.69) is 20.6 Å². The van der Waals surface area contributed by atoms with Gasteiger partial charge in [0.2, 0.25) is 0 Å². The molecule has 6 nitrogen and oxygen atoms in total. The van der Waals surface area contributed by atoms with Crippen LogP contribution in [0.3, 0.4) is 0 Å². The number of nitrogens with one attached hydrogen (secondary N) is 3. The standard InChI is InChI=1S/C12H19ClN4O2.ClH/c1-3-7-10(13)17-11(15-7)12(18)16-8-4-5-14-6-9(8)19-2;/h8-9,14H,3-6H2,1-2H3,(H,15,17)(H,16,18);1H/t8-,9+;/m1./s1. The highest BCUT2D eigenvalue weighted by Crippen LogP contribution is 2.14. The van der Waals surface area contributed by atoms with E-state index < -0.39 is 0 Å². The second kappa shape index (κ2) is 7.83. The van der Waals surface area contributed by atoms with Crippen LogP contribution in [0, 0.1) is 0 Å². The molecule has 2 heterocycles. The van der Waals surface area contributed by atoms with E-state index in [4.69, 9.17) is 16.3 Å². The van der Waals surface area contributed by atoms with Gasteiger partial charge in [-0.3, -0.25) is 4.79 Å². The number of H-pyrrole nitrogens is 1. The Morgan fingerprint density at radius 3 is 2.95 bits per heavy atom. The fourth-order valence-electron chi connectivity index (χ4n) is 2.21. The molecular formula is C12H20Cl2N4O2. The van der Waals surface area contributed by atoms with Crippen LogP contribution in [0.25, 0.3) is 0 Å². The molecule has 0 spiro atoms. The van der Waals surface area contributed by atoms with E-state index in [-0.39, 0.29) is 36.3 Å². The van der Waals surface area contributed by atoms with E-state index in [1.807, 2.05) is 6.92 Å². The molecule has 1 saturated heterocycles. The van der Waals surface area contributed by atoms with Gasteiger partial charge in [0.05, 0.1) is 17.8 Å². The van der Waals surface area contributed by atoms with Gasteiger partial charge in [-0.1, -0.05) is 18.5 Å². The highest BCUT2D eigenvalue weighted by Gasteiger charge is 2.27. The monoisotopic (exact) mass is 322 g/mol. The van der Waals surface area contributed by atoms with Gasteiger partial charge in [0.1, 0.15) is 0 Å². The van der Waals surface area contributed by atoms with Crippen molar-refractivity contribution < 1.29 is 9.53 Å². The van der Waals surface area contributed by atoms with Crippen molar-refractivity contribution in [2.45, 2.75) is 31.9 Å². The molecule has 20 heavy (non-hydrogen) atoms. The summed E-state index contributed by atoms with van der Waals surface area (Å²) in [6.45, 7) is 3.55. The molecule has 1 amide bonds. The predicted molar refractivity (Wildman–Crippen MR) is 79.8 cm³/mol. The Labute approximate surface area is 129 Å². The molecule has 1 fully saturated rings. The summed E-state index contributed by atoms with van der Waals surface area (Å²) in [6, 6.07) is -0.00676. The maximum Gasteiger partial charge on any atom is 0.287 e. The van der Waals surface area contributed by atoms with Crippen LogP contribution in [0.1, 0.15) is 29.7 Å². The van der Waals surface area contributed by atoms with Crippen LogP contribution in [0.2, 0.25) is 5.15 Å². The summed E-state index contributed by atoms with van der Waals surface area (Å²) < 4.78 is 5.36. The molecule has 1 aromatic rings. The molecule has 0 aromatic carbocycles. The van der Waals surface area contributed by atoms with Crippen molar-refractivity contribution in [1.29, 1.82) is 0 Å². The zero-order valence-corrected chi connectivity index (χ0v) is 13.1. The number of hydrogen-bond acceptors (Lipinski definition) is 4. The van der Waals surface area contributed by atoms with E-state index in [9.17, 15) is 4.79 Å². The number of aromatic amines is 1. The van der Waals surface area contributed by atoms with Gasteiger partial charge in [-0.05, 0) is 19.4 Å². The van der Waals surface area contributed by atoms with Crippen molar-refractivity contribution in [3.05, 3.63) is 16.7 Å². The molecule has 1 aromatic heterocycles. The van der Waals surface area contributed by atoms with Gasteiger partial charge in [-0.25, -0.2) is 4.98 Å². The van der Waals surface area contributed by atoms with Crippen LogP contribution in [0.4, 0.5) is 0 Å². The van der Waals surface area contributed by atoms with Crippen molar-refractivity contribution in [3.63, 3.8) is 0 Å². The van der Waals surface area contributed by atoms with Crippen molar-refractivity contribution in [1.82, 2.24) is 20.6 Å². The van der Waals surface area contributed by atoms with Crippen LogP contribution in [0.15, 0.2) is 0 Å². The minimum absolute atomic E-state index is 0.